The van der Waals surface area contributed by atoms with E-state index in [9.17, 15) is 4.79 Å². The largest absolute Gasteiger partial charge is 0.464 e. The number of carbonyl (C=O) groups is 1. The van der Waals surface area contributed by atoms with E-state index in [1.54, 1.807) is 42.7 Å². The zero-order valence-corrected chi connectivity index (χ0v) is 11.8. The topological polar surface area (TPSA) is 42.2 Å². The highest BCUT2D eigenvalue weighted by Gasteiger charge is 2.07. The Labute approximate surface area is 127 Å². The fourth-order valence-electron chi connectivity index (χ4n) is 2.00. The Hall–Kier alpha value is -2.52. The van der Waals surface area contributed by atoms with Crippen LogP contribution >= 0.6 is 11.6 Å². The van der Waals surface area contributed by atoms with Crippen molar-refractivity contribution >= 4 is 23.2 Å². The van der Waals surface area contributed by atoms with Gasteiger partial charge in [-0.15, -0.1) is 0 Å². The third kappa shape index (κ3) is 3.15. The minimum absolute atomic E-state index is 0.178. The van der Waals surface area contributed by atoms with Gasteiger partial charge in [0.2, 0.25) is 0 Å². The van der Waals surface area contributed by atoms with Crippen LogP contribution in [0, 0.1) is 0 Å². The Morgan fingerprint density at radius 2 is 1.81 bits per heavy atom. The van der Waals surface area contributed by atoms with Gasteiger partial charge in [-0.3, -0.25) is 4.79 Å². The Kier molecular flexibility index (Phi) is 3.75. The second kappa shape index (κ2) is 5.85. The summed E-state index contributed by atoms with van der Waals surface area (Å²) in [6, 6.07) is 18.0. The SMILES string of the molecule is O=C(Nc1cccc(Cl)c1)c1ccc(-c2ccco2)cc1. The average Bonchev–Trinajstić information content (AvgIpc) is 3.01. The van der Waals surface area contributed by atoms with Gasteiger partial charge in [0.05, 0.1) is 6.26 Å². The van der Waals surface area contributed by atoms with Gasteiger partial charge in [-0.05, 0) is 42.5 Å². The zero-order chi connectivity index (χ0) is 14.7. The maximum atomic E-state index is 12.1. The molecule has 0 fully saturated rings. The summed E-state index contributed by atoms with van der Waals surface area (Å²) in [6.45, 7) is 0. The van der Waals surface area contributed by atoms with Crippen molar-refractivity contribution in [2.24, 2.45) is 0 Å². The van der Waals surface area contributed by atoms with Gasteiger partial charge in [0.25, 0.3) is 5.91 Å². The summed E-state index contributed by atoms with van der Waals surface area (Å²) in [5, 5.41) is 3.39. The van der Waals surface area contributed by atoms with Gasteiger partial charge in [0, 0.05) is 21.8 Å². The van der Waals surface area contributed by atoms with E-state index in [4.69, 9.17) is 16.0 Å². The van der Waals surface area contributed by atoms with Gasteiger partial charge in [-0.1, -0.05) is 29.8 Å². The molecule has 2 aromatic carbocycles. The number of amides is 1. The lowest BCUT2D eigenvalue weighted by molar-refractivity contribution is 0.102. The number of furan rings is 1. The molecule has 0 spiro atoms. The number of rotatable bonds is 3. The van der Waals surface area contributed by atoms with Gasteiger partial charge in [0.15, 0.2) is 0 Å². The van der Waals surface area contributed by atoms with Crippen molar-refractivity contribution in [2.75, 3.05) is 5.32 Å². The standard InChI is InChI=1S/C17H12ClNO2/c18-14-3-1-4-15(11-14)19-17(20)13-8-6-12(7-9-13)16-5-2-10-21-16/h1-11H,(H,19,20). The van der Waals surface area contributed by atoms with Crippen molar-refractivity contribution in [3.8, 4) is 11.3 Å². The third-order valence-corrected chi connectivity index (χ3v) is 3.27. The molecule has 3 nitrogen and oxygen atoms in total. The zero-order valence-electron chi connectivity index (χ0n) is 11.0. The van der Waals surface area contributed by atoms with Crippen LogP contribution < -0.4 is 5.32 Å². The first kappa shape index (κ1) is 13.5. The molecule has 1 amide bonds. The summed E-state index contributed by atoms with van der Waals surface area (Å²) in [5.41, 5.74) is 2.17. The molecule has 0 atom stereocenters. The quantitative estimate of drug-likeness (QED) is 0.750. The molecule has 0 saturated heterocycles. The van der Waals surface area contributed by atoms with Gasteiger partial charge in [0.1, 0.15) is 5.76 Å². The van der Waals surface area contributed by atoms with E-state index in [1.807, 2.05) is 24.3 Å². The maximum Gasteiger partial charge on any atom is 0.255 e. The third-order valence-electron chi connectivity index (χ3n) is 3.04. The molecule has 0 aliphatic rings. The molecule has 3 rings (SSSR count). The molecule has 0 aliphatic heterocycles. The van der Waals surface area contributed by atoms with E-state index in [-0.39, 0.29) is 5.91 Å². The molecule has 0 bridgehead atoms. The molecule has 0 radical (unpaired) electrons. The lowest BCUT2D eigenvalue weighted by Gasteiger charge is -2.06. The van der Waals surface area contributed by atoms with E-state index in [0.717, 1.165) is 11.3 Å². The average molecular weight is 298 g/mol. The van der Waals surface area contributed by atoms with Crippen LogP contribution in [0.5, 0.6) is 0 Å². The van der Waals surface area contributed by atoms with Crippen LogP contribution in [0.3, 0.4) is 0 Å². The number of anilines is 1. The van der Waals surface area contributed by atoms with Crippen molar-refractivity contribution in [2.45, 2.75) is 0 Å². The van der Waals surface area contributed by atoms with Gasteiger partial charge in [-0.2, -0.15) is 0 Å². The second-order valence-corrected chi connectivity index (χ2v) is 4.96. The van der Waals surface area contributed by atoms with Gasteiger partial charge in [-0.25, -0.2) is 0 Å². The van der Waals surface area contributed by atoms with Crippen LogP contribution in [0.1, 0.15) is 10.4 Å². The molecule has 0 saturated carbocycles. The van der Waals surface area contributed by atoms with Crippen LogP contribution in [-0.2, 0) is 0 Å². The lowest BCUT2D eigenvalue weighted by atomic mass is 10.1. The Bertz CT molecular complexity index is 749. The van der Waals surface area contributed by atoms with E-state index in [0.29, 0.717) is 16.3 Å². The van der Waals surface area contributed by atoms with E-state index in [1.165, 1.54) is 0 Å². The first-order valence-corrected chi connectivity index (χ1v) is 6.81. The van der Waals surface area contributed by atoms with Crippen LogP contribution in [0.15, 0.2) is 71.3 Å². The molecular weight excluding hydrogens is 286 g/mol. The highest BCUT2D eigenvalue weighted by Crippen LogP contribution is 2.21. The fraction of sp³-hybridized carbons (Fsp3) is 0. The van der Waals surface area contributed by atoms with Crippen molar-refractivity contribution in [3.05, 3.63) is 77.5 Å². The van der Waals surface area contributed by atoms with Gasteiger partial charge < -0.3 is 9.73 Å². The van der Waals surface area contributed by atoms with Crippen molar-refractivity contribution in [1.82, 2.24) is 0 Å². The molecule has 4 heteroatoms. The molecule has 0 aliphatic carbocycles. The van der Waals surface area contributed by atoms with Crippen LogP contribution in [0.2, 0.25) is 5.02 Å². The molecule has 3 aromatic rings. The Balaban J connectivity index is 1.76. The maximum absolute atomic E-state index is 12.1. The van der Waals surface area contributed by atoms with E-state index >= 15 is 0 Å². The van der Waals surface area contributed by atoms with Crippen LogP contribution in [0.25, 0.3) is 11.3 Å². The number of benzene rings is 2. The summed E-state index contributed by atoms with van der Waals surface area (Å²) >= 11 is 5.89. The Morgan fingerprint density at radius 1 is 1.00 bits per heavy atom. The summed E-state index contributed by atoms with van der Waals surface area (Å²) in [5.74, 6) is 0.597. The molecule has 1 N–H and O–H groups in total. The molecular formula is C17H12ClNO2. The van der Waals surface area contributed by atoms with Gasteiger partial charge >= 0.3 is 0 Å². The fourth-order valence-corrected chi connectivity index (χ4v) is 2.19. The number of hydrogen-bond acceptors (Lipinski definition) is 2. The lowest BCUT2D eigenvalue weighted by Crippen LogP contribution is -2.11. The molecule has 21 heavy (non-hydrogen) atoms. The highest BCUT2D eigenvalue weighted by atomic mass is 35.5. The summed E-state index contributed by atoms with van der Waals surface area (Å²) in [4.78, 5) is 12.1. The van der Waals surface area contributed by atoms with Crippen molar-refractivity contribution < 1.29 is 9.21 Å². The normalized spacial score (nSPS) is 10.3. The highest BCUT2D eigenvalue weighted by molar-refractivity contribution is 6.30. The first-order valence-electron chi connectivity index (χ1n) is 6.43. The first-order chi connectivity index (χ1) is 10.2. The molecule has 0 unspecified atom stereocenters. The summed E-state index contributed by atoms with van der Waals surface area (Å²) in [6.07, 6.45) is 1.62. The minimum Gasteiger partial charge on any atom is -0.464 e. The van der Waals surface area contributed by atoms with Crippen LogP contribution in [0.4, 0.5) is 5.69 Å². The second-order valence-electron chi connectivity index (χ2n) is 4.52. The number of nitrogens with one attached hydrogen (secondary N) is 1. The molecule has 1 heterocycles. The Morgan fingerprint density at radius 3 is 2.48 bits per heavy atom. The predicted octanol–water partition coefficient (Wildman–Crippen LogP) is 4.85. The minimum atomic E-state index is -0.178. The number of hydrogen-bond donors (Lipinski definition) is 1. The molecule has 104 valence electrons. The van der Waals surface area contributed by atoms with Crippen molar-refractivity contribution in [1.29, 1.82) is 0 Å². The van der Waals surface area contributed by atoms with E-state index < -0.39 is 0 Å². The smallest absolute Gasteiger partial charge is 0.255 e. The number of carbonyl (C=O) groups excluding carboxylic acids is 1. The predicted molar refractivity (Wildman–Crippen MR) is 83.5 cm³/mol. The summed E-state index contributed by atoms with van der Waals surface area (Å²) in [7, 11) is 0. The van der Waals surface area contributed by atoms with E-state index in [2.05, 4.69) is 5.32 Å². The number of halogens is 1. The van der Waals surface area contributed by atoms with Crippen LogP contribution in [-0.4, -0.2) is 5.91 Å². The monoisotopic (exact) mass is 297 g/mol. The summed E-state index contributed by atoms with van der Waals surface area (Å²) < 4.78 is 5.31. The van der Waals surface area contributed by atoms with Crippen molar-refractivity contribution in [3.63, 3.8) is 0 Å². The molecule has 1 aromatic heterocycles.